The fourth-order valence-electron chi connectivity index (χ4n) is 4.98. The lowest BCUT2D eigenvalue weighted by Gasteiger charge is -2.29. The van der Waals surface area contributed by atoms with Crippen LogP contribution in [0.2, 0.25) is 0 Å². The standard InChI is InChI=1S/C22H31N5O.2ClH/c1-12-19-17(21(28)24-16-9-14-7-8-15(10-16)23-14)11-18(13-5-6-13)25-20(19)27(26-12)22(2,3)4;;/h11,13-16,23H,5-10H2,1-4H3,(H,24,28);2*1H. The predicted octanol–water partition coefficient (Wildman–Crippen LogP) is 4.23. The second-order valence-corrected chi connectivity index (χ2v) is 10.0. The van der Waals surface area contributed by atoms with Crippen LogP contribution < -0.4 is 10.6 Å². The van der Waals surface area contributed by atoms with Gasteiger partial charge in [-0.25, -0.2) is 9.67 Å². The number of rotatable bonds is 3. The number of fused-ring (bicyclic) bond motifs is 3. The Balaban J connectivity index is 0.00000128. The van der Waals surface area contributed by atoms with E-state index in [0.717, 1.165) is 40.8 Å². The van der Waals surface area contributed by atoms with Gasteiger partial charge in [0, 0.05) is 29.7 Å². The molecule has 2 unspecified atom stereocenters. The molecule has 8 heteroatoms. The first-order valence-corrected chi connectivity index (χ1v) is 10.8. The van der Waals surface area contributed by atoms with Gasteiger partial charge in [0.15, 0.2) is 5.65 Å². The van der Waals surface area contributed by atoms with Crippen LogP contribution in [0.5, 0.6) is 0 Å². The van der Waals surface area contributed by atoms with E-state index >= 15 is 0 Å². The Morgan fingerprint density at radius 2 is 1.77 bits per heavy atom. The van der Waals surface area contributed by atoms with Gasteiger partial charge in [0.1, 0.15) is 0 Å². The molecule has 6 nitrogen and oxygen atoms in total. The summed E-state index contributed by atoms with van der Waals surface area (Å²) in [5.74, 6) is 0.534. The first kappa shape index (κ1) is 23.3. The van der Waals surface area contributed by atoms with Crippen molar-refractivity contribution in [3.05, 3.63) is 23.0 Å². The first-order chi connectivity index (χ1) is 13.3. The Kier molecular flexibility index (Phi) is 6.43. The van der Waals surface area contributed by atoms with Crippen molar-refractivity contribution in [3.8, 4) is 0 Å². The van der Waals surface area contributed by atoms with Crippen LogP contribution in [0.3, 0.4) is 0 Å². The number of amides is 1. The Labute approximate surface area is 190 Å². The number of carbonyl (C=O) groups is 1. The largest absolute Gasteiger partial charge is 0.349 e. The maximum atomic E-state index is 13.4. The zero-order valence-electron chi connectivity index (χ0n) is 18.2. The van der Waals surface area contributed by atoms with Gasteiger partial charge >= 0.3 is 0 Å². The van der Waals surface area contributed by atoms with Crippen LogP contribution in [-0.4, -0.2) is 38.8 Å². The SMILES string of the molecule is Cc1nn(C(C)(C)C)c2nc(C3CC3)cc(C(=O)NC3CC4CCC(C3)N4)c12.Cl.Cl. The molecule has 2 aliphatic heterocycles. The van der Waals surface area contributed by atoms with Crippen molar-refractivity contribution in [2.45, 2.75) is 95.8 Å². The average molecular weight is 454 g/mol. The van der Waals surface area contributed by atoms with Gasteiger partial charge in [-0.3, -0.25) is 4.79 Å². The summed E-state index contributed by atoms with van der Waals surface area (Å²) in [7, 11) is 0. The number of nitrogens with zero attached hydrogens (tertiary/aromatic N) is 3. The fraction of sp³-hybridized carbons (Fsp3) is 0.682. The molecule has 2 atom stereocenters. The van der Waals surface area contributed by atoms with E-state index in [-0.39, 0.29) is 42.3 Å². The van der Waals surface area contributed by atoms with Crippen molar-refractivity contribution in [2.24, 2.45) is 0 Å². The molecule has 5 rings (SSSR count). The van der Waals surface area contributed by atoms with E-state index in [4.69, 9.17) is 10.1 Å². The quantitative estimate of drug-likeness (QED) is 0.728. The minimum atomic E-state index is -0.177. The molecule has 0 aromatic carbocycles. The average Bonchev–Trinajstić information content (AvgIpc) is 3.35. The number of pyridine rings is 1. The molecular weight excluding hydrogens is 421 g/mol. The van der Waals surface area contributed by atoms with E-state index in [9.17, 15) is 4.79 Å². The monoisotopic (exact) mass is 453 g/mol. The molecular formula is C22H33Cl2N5O. The highest BCUT2D eigenvalue weighted by Gasteiger charge is 2.35. The minimum absolute atomic E-state index is 0. The number of halogens is 2. The number of aryl methyl sites for hydroxylation is 1. The molecule has 2 bridgehead atoms. The number of piperidine rings is 1. The van der Waals surface area contributed by atoms with Crippen LogP contribution in [0.15, 0.2) is 6.07 Å². The number of hydrogen-bond acceptors (Lipinski definition) is 4. The van der Waals surface area contributed by atoms with E-state index in [0.29, 0.717) is 18.0 Å². The van der Waals surface area contributed by atoms with Crippen molar-refractivity contribution < 1.29 is 4.79 Å². The lowest BCUT2D eigenvalue weighted by molar-refractivity contribution is 0.0925. The lowest BCUT2D eigenvalue weighted by Crippen LogP contribution is -2.48. The number of hydrogen-bond donors (Lipinski definition) is 2. The Morgan fingerprint density at radius 1 is 1.13 bits per heavy atom. The summed E-state index contributed by atoms with van der Waals surface area (Å²) < 4.78 is 1.99. The molecule has 0 radical (unpaired) electrons. The van der Waals surface area contributed by atoms with Crippen LogP contribution in [0.25, 0.3) is 11.0 Å². The maximum absolute atomic E-state index is 13.4. The van der Waals surface area contributed by atoms with Gasteiger partial charge in [-0.1, -0.05) is 0 Å². The van der Waals surface area contributed by atoms with E-state index in [1.807, 2.05) is 17.7 Å². The zero-order chi connectivity index (χ0) is 19.6. The molecule has 1 amide bonds. The molecule has 2 aromatic heterocycles. The maximum Gasteiger partial charge on any atom is 0.252 e. The highest BCUT2D eigenvalue weighted by atomic mass is 35.5. The summed E-state index contributed by atoms with van der Waals surface area (Å²) in [4.78, 5) is 18.3. The molecule has 1 saturated carbocycles. The summed E-state index contributed by atoms with van der Waals surface area (Å²) in [6, 6.07) is 3.42. The van der Waals surface area contributed by atoms with Crippen LogP contribution in [0, 0.1) is 6.92 Å². The van der Waals surface area contributed by atoms with Crippen molar-refractivity contribution in [2.75, 3.05) is 0 Å². The van der Waals surface area contributed by atoms with Crippen molar-refractivity contribution in [3.63, 3.8) is 0 Å². The van der Waals surface area contributed by atoms with Crippen molar-refractivity contribution in [1.82, 2.24) is 25.4 Å². The van der Waals surface area contributed by atoms with E-state index in [1.54, 1.807) is 0 Å². The van der Waals surface area contributed by atoms with Gasteiger partial charge in [0.2, 0.25) is 0 Å². The van der Waals surface area contributed by atoms with Gasteiger partial charge in [-0.05, 0) is 72.3 Å². The molecule has 30 heavy (non-hydrogen) atoms. The van der Waals surface area contributed by atoms with Gasteiger partial charge < -0.3 is 10.6 Å². The van der Waals surface area contributed by atoms with E-state index in [2.05, 4.69) is 31.4 Å². The Hall–Kier alpha value is -1.37. The third-order valence-electron chi connectivity index (χ3n) is 6.52. The Morgan fingerprint density at radius 3 is 2.33 bits per heavy atom. The van der Waals surface area contributed by atoms with Crippen LogP contribution in [-0.2, 0) is 5.54 Å². The van der Waals surface area contributed by atoms with E-state index < -0.39 is 0 Å². The second-order valence-electron chi connectivity index (χ2n) is 10.0. The van der Waals surface area contributed by atoms with Crippen LogP contribution in [0.4, 0.5) is 0 Å². The molecule has 3 fully saturated rings. The molecule has 3 aliphatic rings. The molecule has 1 aliphatic carbocycles. The summed E-state index contributed by atoms with van der Waals surface area (Å²) >= 11 is 0. The molecule has 4 heterocycles. The summed E-state index contributed by atoms with van der Waals surface area (Å²) in [6.45, 7) is 8.39. The molecule has 0 spiro atoms. The van der Waals surface area contributed by atoms with E-state index in [1.165, 1.54) is 25.7 Å². The number of nitrogens with one attached hydrogen (secondary N) is 2. The smallest absolute Gasteiger partial charge is 0.252 e. The fourth-order valence-corrected chi connectivity index (χ4v) is 4.98. The molecule has 2 aromatic rings. The van der Waals surface area contributed by atoms with Gasteiger partial charge in [0.25, 0.3) is 5.91 Å². The summed E-state index contributed by atoms with van der Waals surface area (Å²) in [5.41, 5.74) is 3.36. The third-order valence-corrected chi connectivity index (χ3v) is 6.52. The summed E-state index contributed by atoms with van der Waals surface area (Å²) in [5, 5.41) is 12.7. The van der Waals surface area contributed by atoms with Gasteiger partial charge in [-0.15, -0.1) is 24.8 Å². The van der Waals surface area contributed by atoms with Gasteiger partial charge in [-0.2, -0.15) is 5.10 Å². The third kappa shape index (κ3) is 4.19. The van der Waals surface area contributed by atoms with Crippen molar-refractivity contribution >= 4 is 41.8 Å². The molecule has 2 N–H and O–H groups in total. The zero-order valence-corrected chi connectivity index (χ0v) is 19.8. The van der Waals surface area contributed by atoms with Crippen LogP contribution in [0.1, 0.15) is 87.0 Å². The second kappa shape index (κ2) is 8.29. The molecule has 166 valence electrons. The summed E-state index contributed by atoms with van der Waals surface area (Å²) in [6.07, 6.45) is 6.87. The first-order valence-electron chi connectivity index (χ1n) is 10.8. The van der Waals surface area contributed by atoms with Crippen molar-refractivity contribution in [1.29, 1.82) is 0 Å². The normalized spacial score (nSPS) is 25.5. The van der Waals surface area contributed by atoms with Gasteiger partial charge in [0.05, 0.1) is 22.2 Å². The minimum Gasteiger partial charge on any atom is -0.349 e. The topological polar surface area (TPSA) is 71.8 Å². The number of aromatic nitrogens is 3. The Bertz CT molecular complexity index is 935. The number of carbonyl (C=O) groups excluding carboxylic acids is 1. The van der Waals surface area contributed by atoms with Crippen LogP contribution >= 0.6 is 24.8 Å². The predicted molar refractivity (Wildman–Crippen MR) is 124 cm³/mol. The lowest BCUT2D eigenvalue weighted by atomic mass is 9.99. The molecule has 2 saturated heterocycles. The highest BCUT2D eigenvalue weighted by Crippen LogP contribution is 2.41. The highest BCUT2D eigenvalue weighted by molar-refractivity contribution is 6.06.